The van der Waals surface area contributed by atoms with Crippen molar-refractivity contribution in [3.63, 3.8) is 0 Å². The number of nitrogens with one attached hydrogen (secondary N) is 1. The Morgan fingerprint density at radius 3 is 2.88 bits per heavy atom. The zero-order chi connectivity index (χ0) is 17.5. The van der Waals surface area contributed by atoms with Crippen molar-refractivity contribution in [2.75, 3.05) is 13.6 Å². The highest BCUT2D eigenvalue weighted by atomic mass is 19.3. The molecule has 1 fully saturated rings. The molecule has 0 radical (unpaired) electrons. The molecule has 0 bridgehead atoms. The van der Waals surface area contributed by atoms with E-state index in [0.29, 0.717) is 12.1 Å². The molecule has 5 nitrogen and oxygen atoms in total. The number of ether oxygens (including phenoxy) is 1. The third-order valence-electron chi connectivity index (χ3n) is 4.29. The molecule has 24 heavy (non-hydrogen) atoms. The zero-order valence-electron chi connectivity index (χ0n) is 13.8. The molecule has 2 atom stereocenters. The molecule has 7 heteroatoms. The van der Waals surface area contributed by atoms with Crippen LogP contribution in [-0.2, 0) is 6.54 Å². The summed E-state index contributed by atoms with van der Waals surface area (Å²) >= 11 is 0. The van der Waals surface area contributed by atoms with Crippen LogP contribution in [0.4, 0.5) is 13.6 Å². The van der Waals surface area contributed by atoms with E-state index in [4.69, 9.17) is 0 Å². The van der Waals surface area contributed by atoms with Crippen molar-refractivity contribution in [2.45, 2.75) is 44.9 Å². The number of carbonyl (C=O) groups is 1. The summed E-state index contributed by atoms with van der Waals surface area (Å²) in [6.07, 6.45) is 3.47. The highest BCUT2D eigenvalue weighted by Gasteiger charge is 2.25. The maximum Gasteiger partial charge on any atom is 0.387 e. The number of halogens is 2. The van der Waals surface area contributed by atoms with Crippen molar-refractivity contribution >= 4 is 6.03 Å². The molecule has 1 aliphatic carbocycles. The summed E-state index contributed by atoms with van der Waals surface area (Å²) in [5.74, 6) is 0.174. The van der Waals surface area contributed by atoms with E-state index in [9.17, 15) is 18.7 Å². The summed E-state index contributed by atoms with van der Waals surface area (Å²) in [6.45, 7) is -2.15. The second kappa shape index (κ2) is 8.82. The average molecular weight is 342 g/mol. The van der Waals surface area contributed by atoms with Crippen LogP contribution in [0.1, 0.15) is 31.2 Å². The van der Waals surface area contributed by atoms with Gasteiger partial charge in [0.25, 0.3) is 0 Å². The summed E-state index contributed by atoms with van der Waals surface area (Å²) in [4.78, 5) is 13.7. The van der Waals surface area contributed by atoms with Gasteiger partial charge in [0.15, 0.2) is 0 Å². The molecule has 2 rings (SSSR count). The van der Waals surface area contributed by atoms with E-state index in [0.717, 1.165) is 25.7 Å². The van der Waals surface area contributed by atoms with Crippen LogP contribution in [0, 0.1) is 5.92 Å². The maximum absolute atomic E-state index is 12.2. The number of nitrogens with zero attached hydrogens (tertiary/aromatic N) is 1. The van der Waals surface area contributed by atoms with Crippen molar-refractivity contribution in [2.24, 2.45) is 5.92 Å². The van der Waals surface area contributed by atoms with Crippen LogP contribution in [0.15, 0.2) is 24.3 Å². The van der Waals surface area contributed by atoms with Gasteiger partial charge in [-0.05, 0) is 30.5 Å². The van der Waals surface area contributed by atoms with Gasteiger partial charge in [0.05, 0.1) is 6.10 Å². The van der Waals surface area contributed by atoms with Gasteiger partial charge in [0, 0.05) is 26.1 Å². The topological polar surface area (TPSA) is 61.8 Å². The first-order valence-electron chi connectivity index (χ1n) is 8.16. The van der Waals surface area contributed by atoms with E-state index in [-0.39, 0.29) is 30.3 Å². The highest BCUT2D eigenvalue weighted by molar-refractivity contribution is 5.73. The standard InChI is InChI=1S/C17H24F2N2O3/c1-21(11-13-6-2-3-8-15(13)22)17(23)20-10-12-5-4-7-14(9-12)24-16(18)19/h4-5,7,9,13,15-16,22H,2-3,6,8,10-11H2,1H3,(H,20,23)/t13-,15+/m0/s1. The van der Waals surface area contributed by atoms with Gasteiger partial charge in [0.2, 0.25) is 0 Å². The summed E-state index contributed by atoms with van der Waals surface area (Å²) in [5, 5.41) is 12.7. The molecule has 1 aliphatic rings. The normalized spacial score (nSPS) is 20.7. The van der Waals surface area contributed by atoms with Crippen molar-refractivity contribution < 1.29 is 23.4 Å². The monoisotopic (exact) mass is 342 g/mol. The minimum atomic E-state index is -2.87. The van der Waals surface area contributed by atoms with Crippen LogP contribution >= 0.6 is 0 Å². The van der Waals surface area contributed by atoms with Crippen molar-refractivity contribution in [1.82, 2.24) is 10.2 Å². The summed E-state index contributed by atoms with van der Waals surface area (Å²) in [6, 6.07) is 5.98. The molecule has 0 heterocycles. The SMILES string of the molecule is CN(C[C@@H]1CCCC[C@H]1O)C(=O)NCc1cccc(OC(F)F)c1. The Morgan fingerprint density at radius 2 is 2.17 bits per heavy atom. The van der Waals surface area contributed by atoms with Crippen LogP contribution in [0.2, 0.25) is 0 Å². The highest BCUT2D eigenvalue weighted by Crippen LogP contribution is 2.24. The zero-order valence-corrected chi connectivity index (χ0v) is 13.8. The van der Waals surface area contributed by atoms with E-state index in [1.807, 2.05) is 0 Å². The Kier molecular flexibility index (Phi) is 6.78. The van der Waals surface area contributed by atoms with Crippen LogP contribution in [0.3, 0.4) is 0 Å². The molecular weight excluding hydrogens is 318 g/mol. The predicted molar refractivity (Wildman–Crippen MR) is 85.9 cm³/mol. The smallest absolute Gasteiger partial charge is 0.387 e. The number of rotatable bonds is 6. The molecule has 1 aromatic carbocycles. The van der Waals surface area contributed by atoms with E-state index >= 15 is 0 Å². The molecule has 1 aromatic rings. The molecule has 0 unspecified atom stereocenters. The van der Waals surface area contributed by atoms with E-state index < -0.39 is 6.61 Å². The number of benzene rings is 1. The first-order valence-corrected chi connectivity index (χ1v) is 8.16. The lowest BCUT2D eigenvalue weighted by molar-refractivity contribution is -0.0498. The third kappa shape index (κ3) is 5.63. The predicted octanol–water partition coefficient (Wildman–Crippen LogP) is 2.98. The third-order valence-corrected chi connectivity index (χ3v) is 4.29. The van der Waals surface area contributed by atoms with Crippen LogP contribution in [-0.4, -0.2) is 42.3 Å². The number of alkyl halides is 2. The number of amides is 2. The molecule has 2 N–H and O–H groups in total. The first kappa shape index (κ1) is 18.4. The quantitative estimate of drug-likeness (QED) is 0.835. The summed E-state index contributed by atoms with van der Waals surface area (Å²) in [5.41, 5.74) is 0.674. The molecule has 134 valence electrons. The lowest BCUT2D eigenvalue weighted by atomic mass is 9.86. The second-order valence-corrected chi connectivity index (χ2v) is 6.18. The Morgan fingerprint density at radius 1 is 1.42 bits per heavy atom. The molecule has 2 amide bonds. The van der Waals surface area contributed by atoms with Gasteiger partial charge >= 0.3 is 12.6 Å². The number of carbonyl (C=O) groups excluding carboxylic acids is 1. The van der Waals surface area contributed by atoms with Crippen LogP contribution in [0.25, 0.3) is 0 Å². The Balaban J connectivity index is 1.81. The minimum Gasteiger partial charge on any atom is -0.435 e. The Bertz CT molecular complexity index is 542. The summed E-state index contributed by atoms with van der Waals surface area (Å²) < 4.78 is 28.8. The van der Waals surface area contributed by atoms with E-state index in [1.165, 1.54) is 12.1 Å². The van der Waals surface area contributed by atoms with Gasteiger partial charge < -0.3 is 20.1 Å². The Hall–Kier alpha value is -1.89. The average Bonchev–Trinajstić information content (AvgIpc) is 2.54. The fourth-order valence-electron chi connectivity index (χ4n) is 2.98. The fourth-order valence-corrected chi connectivity index (χ4v) is 2.98. The van der Waals surface area contributed by atoms with E-state index in [2.05, 4.69) is 10.1 Å². The lowest BCUT2D eigenvalue weighted by Gasteiger charge is -2.31. The van der Waals surface area contributed by atoms with E-state index in [1.54, 1.807) is 24.1 Å². The number of aliphatic hydroxyl groups excluding tert-OH is 1. The molecule has 0 saturated heterocycles. The number of hydrogen-bond donors (Lipinski definition) is 2. The lowest BCUT2D eigenvalue weighted by Crippen LogP contribution is -2.42. The van der Waals surface area contributed by atoms with Gasteiger partial charge in [-0.15, -0.1) is 0 Å². The van der Waals surface area contributed by atoms with Gasteiger partial charge in [0.1, 0.15) is 5.75 Å². The Labute approximate surface area is 140 Å². The molecule has 0 spiro atoms. The largest absolute Gasteiger partial charge is 0.435 e. The number of hydrogen-bond acceptors (Lipinski definition) is 3. The van der Waals surface area contributed by atoms with Gasteiger partial charge in [-0.2, -0.15) is 8.78 Å². The van der Waals surface area contributed by atoms with Crippen LogP contribution in [0.5, 0.6) is 5.75 Å². The first-order chi connectivity index (χ1) is 11.5. The fraction of sp³-hybridized carbons (Fsp3) is 0.588. The molecule has 0 aliphatic heterocycles. The number of urea groups is 1. The van der Waals surface area contributed by atoms with Gasteiger partial charge in [-0.1, -0.05) is 25.0 Å². The number of aliphatic hydroxyl groups is 1. The molecular formula is C17H24F2N2O3. The van der Waals surface area contributed by atoms with Gasteiger partial charge in [-0.25, -0.2) is 4.79 Å². The molecule has 1 saturated carbocycles. The minimum absolute atomic E-state index is 0.0652. The maximum atomic E-state index is 12.2. The summed E-state index contributed by atoms with van der Waals surface area (Å²) in [7, 11) is 1.69. The van der Waals surface area contributed by atoms with Gasteiger partial charge in [-0.3, -0.25) is 0 Å². The van der Waals surface area contributed by atoms with Crippen molar-refractivity contribution in [3.05, 3.63) is 29.8 Å². The van der Waals surface area contributed by atoms with Crippen molar-refractivity contribution in [3.8, 4) is 5.75 Å². The van der Waals surface area contributed by atoms with Crippen LogP contribution < -0.4 is 10.1 Å². The van der Waals surface area contributed by atoms with Crippen molar-refractivity contribution in [1.29, 1.82) is 0 Å². The second-order valence-electron chi connectivity index (χ2n) is 6.18. The molecule has 0 aromatic heterocycles.